The monoisotopic (exact) mass is 500 g/mol. The van der Waals surface area contributed by atoms with Gasteiger partial charge in [-0.15, -0.1) is 0 Å². The number of nitrogens with two attached hydrogens (primary N) is 1. The highest BCUT2D eigenvalue weighted by atomic mass is 32.2. The van der Waals surface area contributed by atoms with Gasteiger partial charge in [0.2, 0.25) is 10.0 Å². The summed E-state index contributed by atoms with van der Waals surface area (Å²) >= 11 is 0. The zero-order valence-corrected chi connectivity index (χ0v) is 21.2. The van der Waals surface area contributed by atoms with Crippen LogP contribution in [-0.2, 0) is 10.0 Å². The molecule has 2 fully saturated rings. The van der Waals surface area contributed by atoms with Crippen molar-refractivity contribution in [1.29, 1.82) is 5.41 Å². The van der Waals surface area contributed by atoms with E-state index >= 15 is 0 Å². The molecule has 1 aromatic heterocycles. The molecule has 0 spiro atoms. The fraction of sp³-hybridized carbons (Fsp3) is 0.520. The summed E-state index contributed by atoms with van der Waals surface area (Å²) in [4.78, 5) is 17.9. The van der Waals surface area contributed by atoms with Gasteiger partial charge in [-0.2, -0.15) is 0 Å². The van der Waals surface area contributed by atoms with Crippen LogP contribution in [0.15, 0.2) is 24.5 Å². The quantitative estimate of drug-likeness (QED) is 0.294. The van der Waals surface area contributed by atoms with Crippen LogP contribution in [0.25, 0.3) is 16.5 Å². The highest BCUT2D eigenvalue weighted by Gasteiger charge is 2.29. The number of carbonyl (C=O) groups is 1. The molecule has 190 valence electrons. The minimum atomic E-state index is -3.19. The standard InChI is InChI=1S/C25H36N6O3S/c1-2-35(33,34)31-10-5-18(6-11-31)23-17-29-24-21(23)13-19(14-22(24)25(27)32)20(15-26)16-28-7-12-30-8-3-4-9-30/h13-18,26,28-29H,2-12H2,1H3,(H2,27,32)/b20-16+,26-15?. The average molecular weight is 501 g/mol. The van der Waals surface area contributed by atoms with E-state index in [-0.39, 0.29) is 11.7 Å². The minimum absolute atomic E-state index is 0.112. The summed E-state index contributed by atoms with van der Waals surface area (Å²) in [5.41, 5.74) is 9.28. The number of allylic oxidation sites excluding steroid dienone is 1. The number of hydrogen-bond acceptors (Lipinski definition) is 6. The highest BCUT2D eigenvalue weighted by Crippen LogP contribution is 2.36. The van der Waals surface area contributed by atoms with Gasteiger partial charge in [0.15, 0.2) is 0 Å². The zero-order chi connectivity index (χ0) is 25.0. The molecule has 0 radical (unpaired) electrons. The van der Waals surface area contributed by atoms with E-state index < -0.39 is 15.9 Å². The summed E-state index contributed by atoms with van der Waals surface area (Å²) in [6.07, 6.45) is 8.97. The number of rotatable bonds is 10. The van der Waals surface area contributed by atoms with E-state index in [0.717, 1.165) is 42.7 Å². The van der Waals surface area contributed by atoms with Crippen LogP contribution >= 0.6 is 0 Å². The number of carbonyl (C=O) groups excluding carboxylic acids is 1. The van der Waals surface area contributed by atoms with Gasteiger partial charge in [-0.1, -0.05) is 0 Å². The van der Waals surface area contributed by atoms with Gasteiger partial charge in [-0.25, -0.2) is 12.7 Å². The summed E-state index contributed by atoms with van der Waals surface area (Å²) in [6, 6.07) is 3.74. The van der Waals surface area contributed by atoms with Crippen molar-refractivity contribution in [3.05, 3.63) is 41.2 Å². The molecule has 2 aliphatic heterocycles. The molecule has 5 N–H and O–H groups in total. The number of aromatic amines is 1. The van der Waals surface area contributed by atoms with Gasteiger partial charge in [-0.3, -0.25) is 4.79 Å². The van der Waals surface area contributed by atoms with Crippen molar-refractivity contribution in [2.45, 2.75) is 38.5 Å². The van der Waals surface area contributed by atoms with E-state index in [9.17, 15) is 13.2 Å². The third kappa shape index (κ3) is 5.60. The van der Waals surface area contributed by atoms with Crippen LogP contribution in [0.4, 0.5) is 0 Å². The second kappa shape index (κ2) is 10.9. The molecule has 0 bridgehead atoms. The minimum Gasteiger partial charge on any atom is -0.389 e. The number of piperidine rings is 1. The van der Waals surface area contributed by atoms with Gasteiger partial charge in [0.25, 0.3) is 5.91 Å². The van der Waals surface area contributed by atoms with Crippen molar-refractivity contribution in [3.8, 4) is 0 Å². The van der Waals surface area contributed by atoms with Crippen LogP contribution in [0.1, 0.15) is 60.0 Å². The SMILES string of the molecule is CCS(=O)(=O)N1CCC(c2c[nH]c3c(C(N)=O)cc(/C(C=N)=C/NCCN4CCCC4)cc23)CC1. The lowest BCUT2D eigenvalue weighted by molar-refractivity contribution is 0.100. The molecule has 0 aliphatic carbocycles. The topological polar surface area (TPSA) is 135 Å². The Kier molecular flexibility index (Phi) is 7.93. The van der Waals surface area contributed by atoms with E-state index in [4.69, 9.17) is 11.1 Å². The molecule has 2 aliphatic rings. The molecule has 0 unspecified atom stereocenters. The number of benzene rings is 1. The third-order valence-electron chi connectivity index (χ3n) is 7.26. The molecule has 10 heteroatoms. The van der Waals surface area contributed by atoms with Gasteiger partial charge in [0.05, 0.1) is 16.8 Å². The lowest BCUT2D eigenvalue weighted by Crippen LogP contribution is -2.38. The van der Waals surface area contributed by atoms with E-state index in [1.165, 1.54) is 19.1 Å². The Labute approximate surface area is 207 Å². The Morgan fingerprint density at radius 1 is 1.23 bits per heavy atom. The van der Waals surface area contributed by atoms with E-state index in [2.05, 4.69) is 15.2 Å². The number of hydrogen-bond donors (Lipinski definition) is 4. The van der Waals surface area contributed by atoms with Crippen molar-refractivity contribution >= 4 is 38.6 Å². The smallest absolute Gasteiger partial charge is 0.250 e. The number of aromatic nitrogens is 1. The first kappa shape index (κ1) is 25.4. The molecule has 2 saturated heterocycles. The van der Waals surface area contributed by atoms with E-state index in [1.807, 2.05) is 18.5 Å². The molecule has 4 rings (SSSR count). The van der Waals surface area contributed by atoms with Crippen LogP contribution in [0, 0.1) is 5.41 Å². The van der Waals surface area contributed by atoms with Crippen molar-refractivity contribution in [1.82, 2.24) is 19.5 Å². The molecular weight excluding hydrogens is 464 g/mol. The van der Waals surface area contributed by atoms with E-state index in [1.54, 1.807) is 17.3 Å². The predicted octanol–water partition coefficient (Wildman–Crippen LogP) is 2.47. The summed E-state index contributed by atoms with van der Waals surface area (Å²) in [5.74, 6) is -0.240. The molecule has 1 amide bonds. The number of sulfonamides is 1. The first-order chi connectivity index (χ1) is 16.8. The second-order valence-corrected chi connectivity index (χ2v) is 11.6. The van der Waals surface area contributed by atoms with Crippen LogP contribution in [0.5, 0.6) is 0 Å². The number of H-pyrrole nitrogens is 1. The molecule has 9 nitrogen and oxygen atoms in total. The number of primary amides is 1. The maximum absolute atomic E-state index is 12.3. The first-order valence-electron chi connectivity index (χ1n) is 12.4. The number of amides is 1. The number of nitrogens with one attached hydrogen (secondary N) is 3. The van der Waals surface area contributed by atoms with Gasteiger partial charge in [-0.05, 0) is 74.9 Å². The van der Waals surface area contributed by atoms with Crippen molar-refractivity contribution in [3.63, 3.8) is 0 Å². The number of likely N-dealkylation sites (tertiary alicyclic amines) is 1. The maximum atomic E-state index is 12.3. The maximum Gasteiger partial charge on any atom is 0.250 e. The Morgan fingerprint density at radius 2 is 1.94 bits per heavy atom. The Balaban J connectivity index is 1.58. The fourth-order valence-electron chi connectivity index (χ4n) is 5.20. The summed E-state index contributed by atoms with van der Waals surface area (Å²) in [7, 11) is -3.19. The summed E-state index contributed by atoms with van der Waals surface area (Å²) < 4.78 is 26.1. The van der Waals surface area contributed by atoms with Crippen molar-refractivity contribution in [2.24, 2.45) is 5.73 Å². The molecule has 35 heavy (non-hydrogen) atoms. The van der Waals surface area contributed by atoms with E-state index in [0.29, 0.717) is 42.6 Å². The van der Waals surface area contributed by atoms with Gasteiger partial charge in [0.1, 0.15) is 0 Å². The Hall–Kier alpha value is -2.69. The molecular formula is C25H36N6O3S. The summed E-state index contributed by atoms with van der Waals surface area (Å²) in [5, 5.41) is 12.2. The van der Waals surface area contributed by atoms with Gasteiger partial charge < -0.3 is 26.3 Å². The second-order valence-electron chi connectivity index (χ2n) is 9.38. The lowest BCUT2D eigenvalue weighted by Gasteiger charge is -2.31. The van der Waals surface area contributed by atoms with Crippen molar-refractivity contribution in [2.75, 3.05) is 45.0 Å². The van der Waals surface area contributed by atoms with Crippen LogP contribution < -0.4 is 11.1 Å². The van der Waals surface area contributed by atoms with Crippen LogP contribution in [0.2, 0.25) is 0 Å². The van der Waals surface area contributed by atoms with Gasteiger partial charge in [0, 0.05) is 55.7 Å². The fourth-order valence-corrected chi connectivity index (χ4v) is 6.33. The predicted molar refractivity (Wildman–Crippen MR) is 140 cm³/mol. The lowest BCUT2D eigenvalue weighted by atomic mass is 9.88. The first-order valence-corrected chi connectivity index (χ1v) is 14.0. The largest absolute Gasteiger partial charge is 0.389 e. The highest BCUT2D eigenvalue weighted by molar-refractivity contribution is 7.89. The molecule has 0 saturated carbocycles. The molecule has 2 aromatic rings. The zero-order valence-electron chi connectivity index (χ0n) is 20.3. The van der Waals surface area contributed by atoms with Gasteiger partial charge >= 0.3 is 0 Å². The number of nitrogens with zero attached hydrogens (tertiary/aromatic N) is 2. The molecule has 0 atom stereocenters. The average Bonchev–Trinajstić information content (AvgIpc) is 3.53. The summed E-state index contributed by atoms with van der Waals surface area (Å²) in [6.45, 7) is 6.68. The van der Waals surface area contributed by atoms with Crippen molar-refractivity contribution < 1.29 is 13.2 Å². The molecule has 1 aromatic carbocycles. The molecule has 3 heterocycles. The van der Waals surface area contributed by atoms with Crippen LogP contribution in [-0.4, -0.2) is 79.8 Å². The third-order valence-corrected chi connectivity index (χ3v) is 9.14. The Bertz CT molecular complexity index is 1210. The Morgan fingerprint density at radius 3 is 2.57 bits per heavy atom. The van der Waals surface area contributed by atoms with Crippen LogP contribution in [0.3, 0.4) is 0 Å². The number of fused-ring (bicyclic) bond motifs is 1. The normalized spacial score (nSPS) is 18.8.